The molecule has 0 saturated heterocycles. The Hall–Kier alpha value is -3.46. The topological polar surface area (TPSA) is 88.5 Å². The Morgan fingerprint density at radius 3 is 2.44 bits per heavy atom. The van der Waals surface area contributed by atoms with Gasteiger partial charge in [-0.15, -0.1) is 0 Å². The second kappa shape index (κ2) is 10.2. The third kappa shape index (κ3) is 6.27. The lowest BCUT2D eigenvalue weighted by molar-refractivity contribution is -0.0605. The molecule has 2 aromatic carbocycles. The summed E-state index contributed by atoms with van der Waals surface area (Å²) < 4.78 is 48.7. The molecule has 3 rings (SSSR count). The van der Waals surface area contributed by atoms with Gasteiger partial charge in [0.25, 0.3) is 0 Å². The van der Waals surface area contributed by atoms with Gasteiger partial charge in [-0.05, 0) is 29.8 Å². The van der Waals surface area contributed by atoms with Gasteiger partial charge in [-0.2, -0.15) is 13.2 Å². The second-order valence-corrected chi connectivity index (χ2v) is 7.07. The van der Waals surface area contributed by atoms with E-state index < -0.39 is 24.3 Å². The molecule has 32 heavy (non-hydrogen) atoms. The number of ether oxygens (including phenoxy) is 1. The summed E-state index contributed by atoms with van der Waals surface area (Å²) in [5.74, 6) is -0.583. The minimum Gasteiger partial charge on any atom is -0.462 e. The fourth-order valence-electron chi connectivity index (χ4n) is 2.66. The zero-order valence-corrected chi connectivity index (χ0v) is 17.3. The van der Waals surface area contributed by atoms with Gasteiger partial charge in [0.2, 0.25) is 0 Å². The van der Waals surface area contributed by atoms with Crippen LogP contribution in [0.5, 0.6) is 0 Å². The highest BCUT2D eigenvalue weighted by molar-refractivity contribution is 6.33. The number of nitrogens with one attached hydrogen (secondary N) is 1. The van der Waals surface area contributed by atoms with Crippen molar-refractivity contribution < 1.29 is 27.2 Å². The summed E-state index contributed by atoms with van der Waals surface area (Å²) in [5.41, 5.74) is 0.146. The zero-order valence-electron chi connectivity index (χ0n) is 16.5. The molecule has 0 amide bonds. The maximum absolute atomic E-state index is 13.0. The molecule has 1 aromatic heterocycles. The van der Waals surface area contributed by atoms with Crippen LogP contribution in [0.25, 0.3) is 0 Å². The number of nitrogens with zero attached hydrogens (tertiary/aromatic N) is 2. The number of aromatic nitrogens is 1. The van der Waals surface area contributed by atoms with Crippen molar-refractivity contribution in [2.45, 2.75) is 19.0 Å². The van der Waals surface area contributed by atoms with Crippen LogP contribution in [0.15, 0.2) is 70.5 Å². The molecule has 0 radical (unpaired) electrons. The van der Waals surface area contributed by atoms with Gasteiger partial charge in [0.05, 0.1) is 34.8 Å². The van der Waals surface area contributed by atoms with Crippen molar-refractivity contribution >= 4 is 34.7 Å². The first kappa shape index (κ1) is 23.2. The highest BCUT2D eigenvalue weighted by Crippen LogP contribution is 2.27. The molecule has 0 aliphatic carbocycles. The van der Waals surface area contributed by atoms with E-state index in [0.29, 0.717) is 12.0 Å². The lowest BCUT2D eigenvalue weighted by Crippen LogP contribution is -2.25. The van der Waals surface area contributed by atoms with Crippen LogP contribution in [-0.4, -0.2) is 35.3 Å². The smallest absolute Gasteiger partial charge is 0.429 e. The molecule has 0 aliphatic heterocycles. The predicted octanol–water partition coefficient (Wildman–Crippen LogP) is 5.82. The van der Waals surface area contributed by atoms with Crippen LogP contribution in [0.4, 0.5) is 18.9 Å². The van der Waals surface area contributed by atoms with Crippen molar-refractivity contribution in [3.8, 4) is 0 Å². The monoisotopic (exact) mass is 463 g/mol. The molecule has 0 saturated carbocycles. The molecule has 3 aromatic rings. The van der Waals surface area contributed by atoms with Crippen molar-refractivity contribution in [1.82, 2.24) is 5.16 Å². The minimum absolute atomic E-state index is 0.00667. The molecule has 0 fully saturated rings. The maximum atomic E-state index is 13.0. The summed E-state index contributed by atoms with van der Waals surface area (Å²) in [7, 11) is 0. The molecule has 1 heterocycles. The first-order valence-corrected chi connectivity index (χ1v) is 9.74. The van der Waals surface area contributed by atoms with Crippen molar-refractivity contribution in [2.24, 2.45) is 4.99 Å². The Bertz CT molecular complexity index is 1110. The van der Waals surface area contributed by atoms with E-state index in [9.17, 15) is 18.0 Å². The second-order valence-electron chi connectivity index (χ2n) is 6.66. The molecule has 0 bridgehead atoms. The van der Waals surface area contributed by atoms with Gasteiger partial charge in [-0.1, -0.05) is 41.0 Å². The van der Waals surface area contributed by atoms with Crippen LogP contribution in [0, 0.1) is 5.41 Å². The van der Waals surface area contributed by atoms with Crippen LogP contribution in [0.2, 0.25) is 5.02 Å². The van der Waals surface area contributed by atoms with E-state index >= 15 is 0 Å². The van der Waals surface area contributed by atoms with Crippen LogP contribution in [0.1, 0.15) is 27.9 Å². The lowest BCUT2D eigenvalue weighted by atomic mass is 10.0. The maximum Gasteiger partial charge on any atom is 0.429 e. The number of hydrogen-bond donors (Lipinski definition) is 1. The zero-order chi connectivity index (χ0) is 23.1. The fraction of sp³-hybridized carbons (Fsp3) is 0.182. The largest absolute Gasteiger partial charge is 0.462 e. The molecule has 6 nitrogen and oxygen atoms in total. The molecule has 0 atom stereocenters. The number of halogens is 4. The number of carbonyl (C=O) groups is 1. The van der Waals surface area contributed by atoms with Crippen LogP contribution < -0.4 is 0 Å². The van der Waals surface area contributed by atoms with Gasteiger partial charge >= 0.3 is 12.1 Å². The first-order chi connectivity index (χ1) is 15.2. The van der Waals surface area contributed by atoms with Gasteiger partial charge in [0, 0.05) is 18.4 Å². The highest BCUT2D eigenvalue weighted by Gasteiger charge is 2.35. The van der Waals surface area contributed by atoms with Crippen molar-refractivity contribution in [2.75, 3.05) is 6.61 Å². The molecular weight excluding hydrogens is 447 g/mol. The van der Waals surface area contributed by atoms with Crippen LogP contribution in [0.3, 0.4) is 0 Å². The number of carbonyl (C=O) groups excluding carboxylic acids is 1. The number of alkyl halides is 3. The number of para-hydroxylation sites is 1. The van der Waals surface area contributed by atoms with Crippen molar-refractivity contribution in [1.29, 1.82) is 5.41 Å². The molecule has 0 spiro atoms. The molecular formula is C22H17ClF3N3O3. The first-order valence-electron chi connectivity index (χ1n) is 9.36. The van der Waals surface area contributed by atoms with E-state index in [4.69, 9.17) is 26.3 Å². The number of aliphatic imine (C=N–C) groups is 1. The minimum atomic E-state index is -4.78. The SMILES string of the molecule is N=C(CC(=Nc1ccccc1Cl)c1ccc(C(=O)OCCc2cnoc2)cc1)C(F)(F)F. The Morgan fingerprint density at radius 1 is 1.12 bits per heavy atom. The Balaban J connectivity index is 1.78. The molecule has 10 heteroatoms. The van der Waals surface area contributed by atoms with Crippen molar-refractivity contribution in [3.63, 3.8) is 0 Å². The molecule has 0 unspecified atom stereocenters. The summed E-state index contributed by atoms with van der Waals surface area (Å²) in [6, 6.07) is 12.2. The van der Waals surface area contributed by atoms with E-state index in [0.717, 1.165) is 5.56 Å². The van der Waals surface area contributed by atoms with E-state index in [1.807, 2.05) is 0 Å². The molecule has 0 aliphatic rings. The van der Waals surface area contributed by atoms with E-state index in [2.05, 4.69) is 10.1 Å². The third-order valence-electron chi connectivity index (χ3n) is 4.36. The average molecular weight is 464 g/mol. The summed E-state index contributed by atoms with van der Waals surface area (Å²) in [6.07, 6.45) is -2.14. The van der Waals surface area contributed by atoms with Crippen molar-refractivity contribution in [3.05, 3.63) is 82.7 Å². The highest BCUT2D eigenvalue weighted by atomic mass is 35.5. The van der Waals surface area contributed by atoms with E-state index in [1.54, 1.807) is 24.3 Å². The van der Waals surface area contributed by atoms with Gasteiger partial charge in [0.15, 0.2) is 0 Å². The summed E-state index contributed by atoms with van der Waals surface area (Å²) >= 11 is 6.08. The van der Waals surface area contributed by atoms with Crippen LogP contribution >= 0.6 is 11.6 Å². The summed E-state index contributed by atoms with van der Waals surface area (Å²) in [6.45, 7) is 0.115. The Labute approximate surface area is 186 Å². The predicted molar refractivity (Wildman–Crippen MR) is 113 cm³/mol. The fourth-order valence-corrected chi connectivity index (χ4v) is 2.83. The molecule has 1 N–H and O–H groups in total. The lowest BCUT2D eigenvalue weighted by Gasteiger charge is -2.12. The number of esters is 1. The van der Waals surface area contributed by atoms with E-state index in [1.165, 1.54) is 36.7 Å². The van der Waals surface area contributed by atoms with Gasteiger partial charge in [-0.3, -0.25) is 4.99 Å². The van der Waals surface area contributed by atoms with Crippen LogP contribution in [-0.2, 0) is 11.2 Å². The summed E-state index contributed by atoms with van der Waals surface area (Å²) in [5, 5.41) is 11.2. The number of rotatable bonds is 8. The Kier molecular flexibility index (Phi) is 7.42. The van der Waals surface area contributed by atoms with Gasteiger partial charge in [-0.25, -0.2) is 4.79 Å². The Morgan fingerprint density at radius 2 is 1.81 bits per heavy atom. The van der Waals surface area contributed by atoms with E-state index in [-0.39, 0.29) is 28.6 Å². The third-order valence-corrected chi connectivity index (χ3v) is 4.68. The quantitative estimate of drug-likeness (QED) is 0.336. The standard InChI is InChI=1S/C22H17ClF3N3O3/c23-17-3-1-2-4-18(17)29-19(11-20(27)22(24,25)26)15-5-7-16(8-6-15)21(30)31-10-9-14-12-28-32-13-14/h1-8,12-13,27H,9-11H2. The molecule has 166 valence electrons. The summed E-state index contributed by atoms with van der Waals surface area (Å²) in [4.78, 5) is 16.5. The number of hydrogen-bond acceptors (Lipinski definition) is 6. The average Bonchev–Trinajstić information content (AvgIpc) is 3.27. The van der Waals surface area contributed by atoms with Gasteiger partial charge in [0.1, 0.15) is 12.0 Å². The normalized spacial score (nSPS) is 11.9. The van der Waals surface area contributed by atoms with Gasteiger partial charge < -0.3 is 14.7 Å². The number of benzene rings is 2.